The van der Waals surface area contributed by atoms with Gasteiger partial charge in [-0.25, -0.2) is 8.91 Å². The number of amides is 2. The molecule has 4 aromatic rings. The number of fused-ring (bicyclic) bond motifs is 1. The number of carbonyl (C=O) groups excluding carboxylic acids is 2. The molecule has 13 heteroatoms. The van der Waals surface area contributed by atoms with Crippen LogP contribution in [0.5, 0.6) is 0 Å². The van der Waals surface area contributed by atoms with Gasteiger partial charge in [0.25, 0.3) is 5.91 Å². The zero-order valence-corrected chi connectivity index (χ0v) is 22.8. The predicted molar refractivity (Wildman–Crippen MR) is 151 cm³/mol. The predicted octanol–water partition coefficient (Wildman–Crippen LogP) is 4.39. The first-order chi connectivity index (χ1) is 19.8. The second kappa shape index (κ2) is 12.0. The minimum absolute atomic E-state index is 0.0189. The molecule has 0 spiro atoms. The third-order valence-electron chi connectivity index (χ3n) is 6.96. The van der Waals surface area contributed by atoms with Crippen molar-refractivity contribution in [3.05, 3.63) is 60.4 Å². The number of nitrogens with one attached hydrogen (secondary N) is 4. The van der Waals surface area contributed by atoms with Crippen molar-refractivity contribution in [2.75, 3.05) is 16.0 Å². The number of aromatic nitrogens is 5. The van der Waals surface area contributed by atoms with Crippen LogP contribution in [0.15, 0.2) is 48.9 Å². The third kappa shape index (κ3) is 6.43. The summed E-state index contributed by atoms with van der Waals surface area (Å²) in [6.07, 6.45) is 7.29. The number of halogens is 1. The van der Waals surface area contributed by atoms with Gasteiger partial charge in [-0.2, -0.15) is 10.4 Å². The van der Waals surface area contributed by atoms with E-state index in [-0.39, 0.29) is 41.8 Å². The maximum absolute atomic E-state index is 14.2. The molecule has 4 heterocycles. The van der Waals surface area contributed by atoms with Crippen LogP contribution in [0.25, 0.3) is 5.52 Å². The summed E-state index contributed by atoms with van der Waals surface area (Å²) in [6.45, 7) is 4.08. The highest BCUT2D eigenvalue weighted by Gasteiger charge is 2.24. The lowest BCUT2D eigenvalue weighted by molar-refractivity contribution is -0.121. The quantitative estimate of drug-likeness (QED) is 0.236. The first-order valence-electron chi connectivity index (χ1n) is 13.5. The highest BCUT2D eigenvalue weighted by molar-refractivity contribution is 6.04. The molecule has 1 saturated carbocycles. The van der Waals surface area contributed by atoms with Gasteiger partial charge in [0.1, 0.15) is 17.9 Å². The Balaban J connectivity index is 1.40. The number of pyridine rings is 1. The lowest BCUT2D eigenvalue weighted by Crippen LogP contribution is -2.40. The maximum atomic E-state index is 14.2. The van der Waals surface area contributed by atoms with E-state index in [9.17, 15) is 14.0 Å². The molecule has 2 amide bonds. The molecule has 0 aliphatic heterocycles. The zero-order valence-electron chi connectivity index (χ0n) is 22.8. The highest BCUT2D eigenvalue weighted by atomic mass is 19.1. The largest absolute Gasteiger partial charge is 0.366 e. The summed E-state index contributed by atoms with van der Waals surface area (Å²) in [5.74, 6) is -0.238. The van der Waals surface area contributed by atoms with Crippen LogP contribution in [0.1, 0.15) is 62.5 Å². The van der Waals surface area contributed by atoms with E-state index < -0.39 is 11.7 Å². The molecule has 0 bridgehead atoms. The van der Waals surface area contributed by atoms with Crippen LogP contribution in [-0.4, -0.2) is 48.3 Å². The molecule has 1 aliphatic carbocycles. The van der Waals surface area contributed by atoms with Gasteiger partial charge >= 0.3 is 0 Å². The molecule has 4 aromatic heterocycles. The zero-order chi connectivity index (χ0) is 28.9. The molecule has 41 heavy (non-hydrogen) atoms. The van der Waals surface area contributed by atoms with Crippen molar-refractivity contribution in [3.63, 3.8) is 0 Å². The average molecular weight is 559 g/mol. The Hall–Kier alpha value is -4.99. The number of hydrogen-bond acceptors (Lipinski definition) is 8. The van der Waals surface area contributed by atoms with E-state index in [0.29, 0.717) is 22.8 Å². The van der Waals surface area contributed by atoms with Gasteiger partial charge < -0.3 is 21.3 Å². The smallest absolute Gasteiger partial charge is 0.274 e. The standard InChI is InChI=1S/C28H31FN10O2/c1-17(2)38-14-11-25(36-38)34-22-15-26(32-18-3-5-19(6-4-18)33-27(40)9-12-30)37-39-23(22)7-8-24(39)28(41)35-21-10-13-31-16-20(21)29/h7-8,10-11,13-19H,3-6,9H2,1-2H3,(H,32,37)(H,33,40)(H,34,36)(H,31,35,41)/t18-,19-. The Morgan fingerprint density at radius 1 is 1.07 bits per heavy atom. The minimum Gasteiger partial charge on any atom is -0.366 e. The molecule has 5 rings (SSSR count). The van der Waals surface area contributed by atoms with E-state index in [0.717, 1.165) is 31.9 Å². The fourth-order valence-corrected chi connectivity index (χ4v) is 4.87. The van der Waals surface area contributed by atoms with Crippen LogP contribution in [-0.2, 0) is 4.79 Å². The van der Waals surface area contributed by atoms with E-state index in [4.69, 9.17) is 10.4 Å². The summed E-state index contributed by atoms with van der Waals surface area (Å²) in [5, 5.41) is 30.3. The van der Waals surface area contributed by atoms with Crippen molar-refractivity contribution in [2.24, 2.45) is 0 Å². The van der Waals surface area contributed by atoms with Crippen LogP contribution in [0.4, 0.5) is 27.4 Å². The molecule has 1 fully saturated rings. The summed E-state index contributed by atoms with van der Waals surface area (Å²) in [4.78, 5) is 28.7. The van der Waals surface area contributed by atoms with Crippen LogP contribution in [0.3, 0.4) is 0 Å². The SMILES string of the molecule is CC(C)n1ccc(Nc2cc(N[C@H]3CC[C@H](NC(=O)CC#N)CC3)nn3c(C(=O)Nc4ccncc4F)ccc23)n1. The van der Waals surface area contributed by atoms with E-state index in [1.165, 1.54) is 16.8 Å². The normalized spacial score (nSPS) is 16.8. The first kappa shape index (κ1) is 27.6. The van der Waals surface area contributed by atoms with Crippen LogP contribution >= 0.6 is 0 Å². The molecule has 12 nitrogen and oxygen atoms in total. The van der Waals surface area contributed by atoms with Gasteiger partial charge in [-0.15, -0.1) is 5.10 Å². The van der Waals surface area contributed by atoms with Crippen LogP contribution in [0.2, 0.25) is 0 Å². The molecular formula is C28H31FN10O2. The molecule has 1 aliphatic rings. The van der Waals surface area contributed by atoms with Crippen LogP contribution < -0.4 is 21.3 Å². The summed E-state index contributed by atoms with van der Waals surface area (Å²) >= 11 is 0. The van der Waals surface area contributed by atoms with E-state index in [1.807, 2.05) is 42.9 Å². The topological polar surface area (TPSA) is 154 Å². The number of anilines is 4. The lowest BCUT2D eigenvalue weighted by atomic mass is 9.91. The van der Waals surface area contributed by atoms with E-state index in [1.54, 1.807) is 12.1 Å². The summed E-state index contributed by atoms with van der Waals surface area (Å²) in [5.41, 5.74) is 1.56. The molecule has 0 saturated heterocycles. The maximum Gasteiger partial charge on any atom is 0.274 e. The van der Waals surface area contributed by atoms with Gasteiger partial charge in [0, 0.05) is 42.7 Å². The Kier molecular flexibility index (Phi) is 8.09. The molecule has 212 valence electrons. The fraction of sp³-hybridized carbons (Fsp3) is 0.357. The van der Waals surface area contributed by atoms with Gasteiger partial charge in [0.2, 0.25) is 5.91 Å². The van der Waals surface area contributed by atoms with Crippen molar-refractivity contribution < 1.29 is 14.0 Å². The van der Waals surface area contributed by atoms with Gasteiger partial charge in [0.15, 0.2) is 11.6 Å². The number of carbonyl (C=O) groups is 2. The molecule has 0 radical (unpaired) electrons. The van der Waals surface area contributed by atoms with Gasteiger partial charge in [-0.3, -0.25) is 19.3 Å². The Morgan fingerprint density at radius 2 is 1.85 bits per heavy atom. The molecule has 4 N–H and O–H groups in total. The lowest BCUT2D eigenvalue weighted by Gasteiger charge is -2.30. The molecule has 0 unspecified atom stereocenters. The molecule has 0 atom stereocenters. The summed E-state index contributed by atoms with van der Waals surface area (Å²) in [7, 11) is 0. The first-order valence-corrected chi connectivity index (χ1v) is 13.5. The van der Waals surface area contributed by atoms with Gasteiger partial charge in [-0.05, 0) is 57.7 Å². The minimum atomic E-state index is -0.639. The third-order valence-corrected chi connectivity index (χ3v) is 6.96. The van der Waals surface area contributed by atoms with E-state index in [2.05, 4.69) is 31.3 Å². The molecule has 0 aromatic carbocycles. The van der Waals surface area contributed by atoms with Crippen molar-refractivity contribution in [2.45, 2.75) is 64.1 Å². The van der Waals surface area contributed by atoms with E-state index >= 15 is 0 Å². The van der Waals surface area contributed by atoms with Crippen LogP contribution in [0, 0.1) is 17.1 Å². The Labute approximate surface area is 235 Å². The van der Waals surface area contributed by atoms with Crippen molar-refractivity contribution in [1.29, 1.82) is 5.26 Å². The van der Waals surface area contributed by atoms with Crippen molar-refractivity contribution in [3.8, 4) is 6.07 Å². The summed E-state index contributed by atoms with van der Waals surface area (Å²) < 4.78 is 17.5. The number of nitrogens with zero attached hydrogens (tertiary/aromatic N) is 6. The van der Waals surface area contributed by atoms with Crippen molar-refractivity contribution in [1.82, 2.24) is 29.7 Å². The average Bonchev–Trinajstić information content (AvgIpc) is 3.59. The molecular weight excluding hydrogens is 527 g/mol. The second-order valence-corrected chi connectivity index (χ2v) is 10.3. The van der Waals surface area contributed by atoms with Crippen molar-refractivity contribution >= 4 is 40.3 Å². The van der Waals surface area contributed by atoms with Gasteiger partial charge in [-0.1, -0.05) is 0 Å². The second-order valence-electron chi connectivity index (χ2n) is 10.3. The number of nitriles is 1. The number of hydrogen-bond donors (Lipinski definition) is 4. The monoisotopic (exact) mass is 558 g/mol. The van der Waals surface area contributed by atoms with Gasteiger partial charge in [0.05, 0.1) is 29.2 Å². The highest BCUT2D eigenvalue weighted by Crippen LogP contribution is 2.28. The fourth-order valence-electron chi connectivity index (χ4n) is 4.87. The Bertz CT molecular complexity index is 1600. The number of rotatable bonds is 9. The summed E-state index contributed by atoms with van der Waals surface area (Å²) in [6, 6.07) is 10.7. The Morgan fingerprint density at radius 3 is 2.56 bits per heavy atom.